The molecule has 1 heterocycles. The summed E-state index contributed by atoms with van der Waals surface area (Å²) < 4.78 is 1.52. The predicted octanol–water partition coefficient (Wildman–Crippen LogP) is 4.56. The molecule has 0 aliphatic heterocycles. The van der Waals surface area contributed by atoms with Gasteiger partial charge in [0.15, 0.2) is 5.78 Å². The Balaban J connectivity index is 1.57. The van der Waals surface area contributed by atoms with Crippen molar-refractivity contribution >= 4 is 34.3 Å². The molecule has 2 N–H and O–H groups in total. The zero-order valence-electron chi connectivity index (χ0n) is 21.8. The van der Waals surface area contributed by atoms with Crippen molar-refractivity contribution in [2.24, 2.45) is 0 Å². The van der Waals surface area contributed by atoms with Gasteiger partial charge in [-0.05, 0) is 73.9 Å². The number of anilines is 1. The Labute approximate surface area is 226 Å². The van der Waals surface area contributed by atoms with Crippen LogP contribution in [-0.2, 0) is 16.1 Å². The minimum atomic E-state index is -1.02. The summed E-state index contributed by atoms with van der Waals surface area (Å²) in [4.78, 5) is 41.4. The topological polar surface area (TPSA) is 117 Å². The number of nitrogens with zero attached hydrogens (tertiary/aromatic N) is 4. The van der Waals surface area contributed by atoms with Crippen LogP contribution in [0.3, 0.4) is 0 Å². The number of rotatable bonds is 8. The number of phenolic OH excluding ortho intramolecular Hbond substituents is 1. The van der Waals surface area contributed by atoms with Gasteiger partial charge in [0, 0.05) is 17.3 Å². The minimum absolute atomic E-state index is 0.0298. The van der Waals surface area contributed by atoms with E-state index in [1.807, 2.05) is 24.3 Å². The fraction of sp³-hybridized carbons (Fsp3) is 0.300. The molecule has 3 aromatic carbocycles. The van der Waals surface area contributed by atoms with Crippen molar-refractivity contribution < 1.29 is 19.5 Å². The Kier molecular flexibility index (Phi) is 7.67. The average molecular weight is 526 g/mol. The molecular formula is C30H31N5O4. The number of fused-ring (bicyclic) bond motifs is 1. The number of carbonyl (C=O) groups is 3. The standard InChI is InChI=1S/C30H31N5O4/c1-20(36)21-11-15-24(16-12-21)35(28(38)19-34-27-10-6-5-9-26(27)32-33-34)29(22-13-17-25(37)18-14-22)30(39)31-23-7-3-2-4-8-23/h5-6,9-18,23,29,37H,2-4,7-8,19H2,1H3,(H,31,39)/t29-/m0/s1. The molecule has 1 aromatic heterocycles. The lowest BCUT2D eigenvalue weighted by molar-refractivity contribution is -0.127. The third-order valence-corrected chi connectivity index (χ3v) is 7.19. The van der Waals surface area contributed by atoms with Gasteiger partial charge in [0.1, 0.15) is 23.9 Å². The van der Waals surface area contributed by atoms with Crippen molar-refractivity contribution in [3.05, 3.63) is 83.9 Å². The molecular weight excluding hydrogens is 494 g/mol. The molecule has 1 aliphatic carbocycles. The number of amides is 2. The average Bonchev–Trinajstić information content (AvgIpc) is 3.35. The number of nitrogens with one attached hydrogen (secondary N) is 1. The van der Waals surface area contributed by atoms with Crippen LogP contribution in [0, 0.1) is 0 Å². The van der Waals surface area contributed by atoms with Gasteiger partial charge in [-0.3, -0.25) is 19.3 Å². The number of phenols is 1. The normalized spacial score (nSPS) is 14.6. The van der Waals surface area contributed by atoms with Crippen molar-refractivity contribution in [3.8, 4) is 5.75 Å². The highest BCUT2D eigenvalue weighted by atomic mass is 16.3. The first-order valence-corrected chi connectivity index (χ1v) is 13.2. The molecule has 0 saturated heterocycles. The van der Waals surface area contributed by atoms with Crippen LogP contribution in [0.25, 0.3) is 11.0 Å². The number of hydrogen-bond donors (Lipinski definition) is 2. The lowest BCUT2D eigenvalue weighted by Gasteiger charge is -2.33. The quantitative estimate of drug-likeness (QED) is 0.326. The summed E-state index contributed by atoms with van der Waals surface area (Å²) in [6, 6.07) is 19.3. The summed E-state index contributed by atoms with van der Waals surface area (Å²) in [7, 11) is 0. The molecule has 2 amide bonds. The fourth-order valence-electron chi connectivity index (χ4n) is 5.13. The Morgan fingerprint density at radius 1 is 0.974 bits per heavy atom. The molecule has 39 heavy (non-hydrogen) atoms. The monoisotopic (exact) mass is 525 g/mol. The molecule has 1 aliphatic rings. The van der Waals surface area contributed by atoms with Gasteiger partial charge in [-0.15, -0.1) is 5.10 Å². The maximum Gasteiger partial charge on any atom is 0.249 e. The van der Waals surface area contributed by atoms with E-state index in [1.54, 1.807) is 36.4 Å². The van der Waals surface area contributed by atoms with Gasteiger partial charge in [0.2, 0.25) is 11.8 Å². The number of aromatic hydroxyl groups is 1. The maximum absolute atomic E-state index is 14.1. The minimum Gasteiger partial charge on any atom is -0.508 e. The van der Waals surface area contributed by atoms with Crippen LogP contribution in [0.2, 0.25) is 0 Å². The van der Waals surface area contributed by atoms with E-state index in [0.717, 1.165) is 32.1 Å². The van der Waals surface area contributed by atoms with Crippen LogP contribution in [-0.4, -0.2) is 43.7 Å². The van der Waals surface area contributed by atoms with Gasteiger partial charge in [-0.25, -0.2) is 4.68 Å². The lowest BCUT2D eigenvalue weighted by Crippen LogP contribution is -2.48. The van der Waals surface area contributed by atoms with Crippen molar-refractivity contribution in [1.29, 1.82) is 0 Å². The van der Waals surface area contributed by atoms with Gasteiger partial charge in [0.05, 0.1) is 5.52 Å². The van der Waals surface area contributed by atoms with E-state index in [-0.39, 0.29) is 35.9 Å². The third kappa shape index (κ3) is 5.82. The SMILES string of the molecule is CC(=O)c1ccc(N(C(=O)Cn2nnc3ccccc32)[C@H](C(=O)NC2CCCCC2)c2ccc(O)cc2)cc1. The number of carbonyl (C=O) groups excluding carboxylic acids is 3. The van der Waals surface area contributed by atoms with Crippen molar-refractivity contribution in [2.45, 2.75) is 57.7 Å². The highest BCUT2D eigenvalue weighted by Crippen LogP contribution is 2.31. The van der Waals surface area contributed by atoms with Gasteiger partial charge in [-0.2, -0.15) is 0 Å². The number of para-hydroxylation sites is 1. The Hall–Kier alpha value is -4.53. The molecule has 0 spiro atoms. The van der Waals surface area contributed by atoms with E-state index in [1.165, 1.54) is 28.6 Å². The Morgan fingerprint density at radius 2 is 1.67 bits per heavy atom. The van der Waals surface area contributed by atoms with Crippen LogP contribution < -0.4 is 10.2 Å². The zero-order chi connectivity index (χ0) is 27.4. The number of hydrogen-bond acceptors (Lipinski definition) is 6. The van der Waals surface area contributed by atoms with Crippen molar-refractivity contribution in [1.82, 2.24) is 20.3 Å². The molecule has 4 aromatic rings. The molecule has 9 heteroatoms. The summed E-state index contributed by atoms with van der Waals surface area (Å²) in [5.41, 5.74) is 2.87. The molecule has 0 bridgehead atoms. The van der Waals surface area contributed by atoms with Gasteiger partial charge in [0.25, 0.3) is 0 Å². The second-order valence-corrected chi connectivity index (χ2v) is 9.94. The maximum atomic E-state index is 14.1. The molecule has 0 unspecified atom stereocenters. The van der Waals surface area contributed by atoms with Gasteiger partial charge in [-0.1, -0.05) is 48.7 Å². The Bertz CT molecular complexity index is 1470. The van der Waals surface area contributed by atoms with Crippen LogP contribution in [0.15, 0.2) is 72.8 Å². The number of Topliss-reactive ketones (excluding diaryl/α,β-unsaturated/α-hetero) is 1. The number of ketones is 1. The van der Waals surface area contributed by atoms with Gasteiger partial charge >= 0.3 is 0 Å². The first kappa shape index (κ1) is 26.1. The fourth-order valence-corrected chi connectivity index (χ4v) is 5.13. The lowest BCUT2D eigenvalue weighted by atomic mass is 9.94. The molecule has 1 atom stereocenters. The number of aromatic nitrogens is 3. The van der Waals surface area contributed by atoms with E-state index in [4.69, 9.17) is 0 Å². The van der Waals surface area contributed by atoms with Crippen LogP contribution >= 0.6 is 0 Å². The summed E-state index contributed by atoms with van der Waals surface area (Å²) >= 11 is 0. The summed E-state index contributed by atoms with van der Waals surface area (Å²) in [6.45, 7) is 1.32. The molecule has 1 saturated carbocycles. The zero-order valence-corrected chi connectivity index (χ0v) is 21.8. The summed E-state index contributed by atoms with van der Waals surface area (Å²) in [6.07, 6.45) is 5.01. The van der Waals surface area contributed by atoms with E-state index in [2.05, 4.69) is 15.6 Å². The highest BCUT2D eigenvalue weighted by Gasteiger charge is 2.34. The third-order valence-electron chi connectivity index (χ3n) is 7.19. The molecule has 5 rings (SSSR count). The van der Waals surface area contributed by atoms with Crippen LogP contribution in [0.4, 0.5) is 5.69 Å². The molecule has 9 nitrogen and oxygen atoms in total. The van der Waals surface area contributed by atoms with E-state index >= 15 is 0 Å². The largest absolute Gasteiger partial charge is 0.508 e. The van der Waals surface area contributed by atoms with E-state index < -0.39 is 6.04 Å². The molecule has 200 valence electrons. The smallest absolute Gasteiger partial charge is 0.249 e. The van der Waals surface area contributed by atoms with Crippen molar-refractivity contribution in [2.75, 3.05) is 4.90 Å². The first-order valence-electron chi connectivity index (χ1n) is 13.2. The number of benzene rings is 3. The summed E-state index contributed by atoms with van der Waals surface area (Å²) in [5, 5.41) is 21.4. The molecule has 0 radical (unpaired) electrons. The summed E-state index contributed by atoms with van der Waals surface area (Å²) in [5.74, 6) is -0.722. The Morgan fingerprint density at radius 3 is 2.36 bits per heavy atom. The predicted molar refractivity (Wildman–Crippen MR) is 147 cm³/mol. The second kappa shape index (κ2) is 11.5. The first-order chi connectivity index (χ1) is 18.9. The highest BCUT2D eigenvalue weighted by molar-refractivity contribution is 6.02. The van der Waals surface area contributed by atoms with Crippen LogP contribution in [0.5, 0.6) is 5.75 Å². The van der Waals surface area contributed by atoms with Gasteiger partial charge < -0.3 is 10.4 Å². The van der Waals surface area contributed by atoms with E-state index in [0.29, 0.717) is 27.8 Å². The van der Waals surface area contributed by atoms with Crippen LogP contribution in [0.1, 0.15) is 61.0 Å². The second-order valence-electron chi connectivity index (χ2n) is 9.94. The van der Waals surface area contributed by atoms with E-state index in [9.17, 15) is 19.5 Å². The molecule has 1 fully saturated rings. The van der Waals surface area contributed by atoms with Crippen molar-refractivity contribution in [3.63, 3.8) is 0 Å².